The molecule has 0 amide bonds. The fraction of sp³-hybridized carbons (Fsp3) is 0.353. The fourth-order valence-electron chi connectivity index (χ4n) is 2.86. The standard InChI is InChI=1S/C17H20N4O4S2/c1-13-5-7-15(11-16(13)21(22)23)27(24,25)19-18-12-14-6-8-17(26-14)20-9-3-2-4-10-20/h5-8,11-12,19H,2-4,9-10H2,1H3/b18-12+. The number of anilines is 1. The quantitative estimate of drug-likeness (QED) is 0.449. The van der Waals surface area contributed by atoms with Crippen molar-refractivity contribution in [3.8, 4) is 0 Å². The topological polar surface area (TPSA) is 105 Å². The molecule has 27 heavy (non-hydrogen) atoms. The molecule has 2 heterocycles. The molecule has 0 unspecified atom stereocenters. The van der Waals surface area contributed by atoms with Crippen molar-refractivity contribution < 1.29 is 13.3 Å². The normalized spacial score (nSPS) is 15.2. The summed E-state index contributed by atoms with van der Waals surface area (Å²) in [4.78, 5) is 15.4. The Labute approximate surface area is 161 Å². The third-order valence-corrected chi connectivity index (χ3v) is 6.63. The predicted molar refractivity (Wildman–Crippen MR) is 106 cm³/mol. The molecule has 3 rings (SSSR count). The van der Waals surface area contributed by atoms with Crippen molar-refractivity contribution in [3.05, 3.63) is 50.9 Å². The van der Waals surface area contributed by atoms with Crippen LogP contribution in [0, 0.1) is 17.0 Å². The van der Waals surface area contributed by atoms with Gasteiger partial charge in [-0.05, 0) is 44.4 Å². The Hall–Kier alpha value is -2.46. The Bertz CT molecular complexity index is 963. The number of benzene rings is 1. The van der Waals surface area contributed by atoms with E-state index in [1.807, 2.05) is 12.1 Å². The molecule has 1 aromatic heterocycles. The smallest absolute Gasteiger partial charge is 0.276 e. The minimum Gasteiger partial charge on any atom is -0.363 e. The maximum absolute atomic E-state index is 12.3. The summed E-state index contributed by atoms with van der Waals surface area (Å²) >= 11 is 1.55. The van der Waals surface area contributed by atoms with E-state index in [4.69, 9.17) is 0 Å². The van der Waals surface area contributed by atoms with Crippen molar-refractivity contribution in [2.24, 2.45) is 5.10 Å². The molecular weight excluding hydrogens is 388 g/mol. The molecule has 1 saturated heterocycles. The number of sulfonamides is 1. The number of nitro benzene ring substituents is 1. The molecule has 1 N–H and O–H groups in total. The van der Waals surface area contributed by atoms with Gasteiger partial charge in [-0.1, -0.05) is 6.07 Å². The summed E-state index contributed by atoms with van der Waals surface area (Å²) in [5, 5.41) is 15.9. The van der Waals surface area contributed by atoms with Gasteiger partial charge in [0.25, 0.3) is 15.7 Å². The largest absolute Gasteiger partial charge is 0.363 e. The lowest BCUT2D eigenvalue weighted by molar-refractivity contribution is -0.385. The molecule has 1 aromatic carbocycles. The van der Waals surface area contributed by atoms with Gasteiger partial charge in [-0.2, -0.15) is 13.5 Å². The third-order valence-electron chi connectivity index (χ3n) is 4.33. The van der Waals surface area contributed by atoms with Crippen LogP contribution in [0.15, 0.2) is 40.3 Å². The zero-order valence-electron chi connectivity index (χ0n) is 14.8. The van der Waals surface area contributed by atoms with Crippen LogP contribution in [-0.4, -0.2) is 32.6 Å². The lowest BCUT2D eigenvalue weighted by atomic mass is 10.1. The van der Waals surface area contributed by atoms with Gasteiger partial charge in [0.2, 0.25) is 0 Å². The molecule has 0 aliphatic carbocycles. The Morgan fingerprint density at radius 3 is 2.67 bits per heavy atom. The summed E-state index contributed by atoms with van der Waals surface area (Å²) in [6, 6.07) is 7.66. The van der Waals surface area contributed by atoms with Gasteiger partial charge in [-0.25, -0.2) is 4.83 Å². The number of rotatable bonds is 6. The number of nitrogens with zero attached hydrogens (tertiary/aromatic N) is 3. The molecule has 2 aromatic rings. The summed E-state index contributed by atoms with van der Waals surface area (Å²) < 4.78 is 24.6. The molecule has 0 spiro atoms. The Morgan fingerprint density at radius 1 is 1.22 bits per heavy atom. The van der Waals surface area contributed by atoms with E-state index in [-0.39, 0.29) is 10.6 Å². The Kier molecular flexibility index (Phi) is 5.76. The number of thiophene rings is 1. The SMILES string of the molecule is Cc1ccc(S(=O)(=O)N/N=C/c2ccc(N3CCCCC3)s2)cc1[N+](=O)[O-]. The van der Waals surface area contributed by atoms with Gasteiger partial charge in [0.15, 0.2) is 0 Å². The first kappa shape index (κ1) is 19.3. The Balaban J connectivity index is 1.69. The van der Waals surface area contributed by atoms with Crippen molar-refractivity contribution in [2.75, 3.05) is 18.0 Å². The van der Waals surface area contributed by atoms with Crippen LogP contribution in [0.1, 0.15) is 29.7 Å². The first-order valence-corrected chi connectivity index (χ1v) is 10.8. The van der Waals surface area contributed by atoms with Crippen LogP contribution < -0.4 is 9.73 Å². The molecular formula is C17H20N4O4S2. The molecule has 0 saturated carbocycles. The van der Waals surface area contributed by atoms with E-state index >= 15 is 0 Å². The zero-order chi connectivity index (χ0) is 19.4. The van der Waals surface area contributed by atoms with Gasteiger partial charge < -0.3 is 4.90 Å². The molecule has 0 bridgehead atoms. The first-order valence-electron chi connectivity index (χ1n) is 8.51. The van der Waals surface area contributed by atoms with Crippen molar-refractivity contribution >= 4 is 38.3 Å². The van der Waals surface area contributed by atoms with Crippen LogP contribution in [0.3, 0.4) is 0 Å². The molecule has 1 aliphatic rings. The van der Waals surface area contributed by atoms with Gasteiger partial charge in [0.05, 0.1) is 21.0 Å². The molecule has 0 atom stereocenters. The third kappa shape index (κ3) is 4.64. The second-order valence-corrected chi connectivity index (χ2v) is 9.04. The van der Waals surface area contributed by atoms with Gasteiger partial charge in [-0.3, -0.25) is 10.1 Å². The lowest BCUT2D eigenvalue weighted by Gasteiger charge is -2.27. The van der Waals surface area contributed by atoms with Crippen LogP contribution in [0.2, 0.25) is 0 Å². The number of hydrogen-bond donors (Lipinski definition) is 1. The highest BCUT2D eigenvalue weighted by Crippen LogP contribution is 2.27. The minimum absolute atomic E-state index is 0.197. The van der Waals surface area contributed by atoms with Crippen LogP contribution in [-0.2, 0) is 10.0 Å². The summed E-state index contributed by atoms with van der Waals surface area (Å²) in [6.45, 7) is 3.63. The van der Waals surface area contributed by atoms with E-state index in [0.717, 1.165) is 29.0 Å². The second-order valence-electron chi connectivity index (χ2n) is 6.28. The highest BCUT2D eigenvalue weighted by Gasteiger charge is 2.19. The van der Waals surface area contributed by atoms with Crippen LogP contribution in [0.4, 0.5) is 10.7 Å². The summed E-state index contributed by atoms with van der Waals surface area (Å²) in [6.07, 6.45) is 5.07. The van der Waals surface area contributed by atoms with E-state index in [1.54, 1.807) is 18.3 Å². The summed E-state index contributed by atoms with van der Waals surface area (Å²) in [7, 11) is -3.98. The van der Waals surface area contributed by atoms with E-state index in [9.17, 15) is 18.5 Å². The number of piperidine rings is 1. The highest BCUT2D eigenvalue weighted by atomic mass is 32.2. The average molecular weight is 409 g/mol. The van der Waals surface area contributed by atoms with Crippen molar-refractivity contribution in [3.63, 3.8) is 0 Å². The molecule has 0 radical (unpaired) electrons. The monoisotopic (exact) mass is 408 g/mol. The number of nitrogens with one attached hydrogen (secondary N) is 1. The van der Waals surface area contributed by atoms with Gasteiger partial charge in [0, 0.05) is 29.6 Å². The predicted octanol–water partition coefficient (Wildman–Crippen LogP) is 3.27. The number of nitro groups is 1. The summed E-state index contributed by atoms with van der Waals surface area (Å²) in [5.74, 6) is 0. The molecule has 1 fully saturated rings. The van der Waals surface area contributed by atoms with E-state index in [1.165, 1.54) is 37.6 Å². The van der Waals surface area contributed by atoms with Crippen molar-refractivity contribution in [1.82, 2.24) is 4.83 Å². The minimum atomic E-state index is -3.98. The highest BCUT2D eigenvalue weighted by molar-refractivity contribution is 7.89. The Morgan fingerprint density at radius 2 is 1.96 bits per heavy atom. The number of hydrazone groups is 1. The average Bonchev–Trinajstić information content (AvgIpc) is 3.11. The molecule has 8 nitrogen and oxygen atoms in total. The molecule has 144 valence electrons. The molecule has 1 aliphatic heterocycles. The summed E-state index contributed by atoms with van der Waals surface area (Å²) in [5.41, 5.74) is 0.151. The van der Waals surface area contributed by atoms with Gasteiger partial charge in [-0.15, -0.1) is 11.3 Å². The maximum atomic E-state index is 12.3. The van der Waals surface area contributed by atoms with E-state index < -0.39 is 14.9 Å². The van der Waals surface area contributed by atoms with Crippen molar-refractivity contribution in [1.29, 1.82) is 0 Å². The second kappa shape index (κ2) is 8.05. The van der Waals surface area contributed by atoms with Gasteiger partial charge in [0.1, 0.15) is 0 Å². The number of hydrogen-bond acceptors (Lipinski definition) is 7. The first-order chi connectivity index (χ1) is 12.9. The van der Waals surface area contributed by atoms with Crippen LogP contribution in [0.5, 0.6) is 0 Å². The van der Waals surface area contributed by atoms with E-state index in [2.05, 4.69) is 14.8 Å². The lowest BCUT2D eigenvalue weighted by Crippen LogP contribution is -2.28. The van der Waals surface area contributed by atoms with Crippen LogP contribution in [0.25, 0.3) is 0 Å². The van der Waals surface area contributed by atoms with Gasteiger partial charge >= 0.3 is 0 Å². The van der Waals surface area contributed by atoms with E-state index in [0.29, 0.717) is 5.56 Å². The fourth-order valence-corrected chi connectivity index (χ4v) is 4.60. The maximum Gasteiger partial charge on any atom is 0.276 e. The van der Waals surface area contributed by atoms with Crippen LogP contribution >= 0.6 is 11.3 Å². The zero-order valence-corrected chi connectivity index (χ0v) is 16.4. The number of aryl methyl sites for hydroxylation is 1. The molecule has 10 heteroatoms. The van der Waals surface area contributed by atoms with Crippen molar-refractivity contribution in [2.45, 2.75) is 31.1 Å².